The van der Waals surface area contributed by atoms with Gasteiger partial charge in [-0.1, -0.05) is 12.1 Å². The van der Waals surface area contributed by atoms with E-state index in [0.29, 0.717) is 17.9 Å². The maximum atomic E-state index is 10.4. The number of aliphatic hydroxyl groups is 1. The first-order chi connectivity index (χ1) is 13.6. The average molecular weight is 412 g/mol. The number of hydrogen-bond acceptors (Lipinski definition) is 7. The van der Waals surface area contributed by atoms with Gasteiger partial charge >= 0.3 is 0 Å². The Kier molecular flexibility index (Phi) is 5.81. The van der Waals surface area contributed by atoms with Gasteiger partial charge in [-0.15, -0.1) is 23.1 Å². The first-order valence-corrected chi connectivity index (χ1v) is 11.1. The molecule has 7 heteroatoms. The van der Waals surface area contributed by atoms with E-state index in [4.69, 9.17) is 10.00 Å². The van der Waals surface area contributed by atoms with Crippen molar-refractivity contribution >= 4 is 33.3 Å². The van der Waals surface area contributed by atoms with Gasteiger partial charge in [-0.25, -0.2) is 9.97 Å². The zero-order chi connectivity index (χ0) is 19.5. The van der Waals surface area contributed by atoms with Crippen molar-refractivity contribution < 1.29 is 9.84 Å². The minimum Gasteiger partial charge on any atom is -0.491 e. The molecule has 1 aromatic carbocycles. The summed E-state index contributed by atoms with van der Waals surface area (Å²) in [6.45, 7) is 2.14. The summed E-state index contributed by atoms with van der Waals surface area (Å²) in [5, 5.41) is 21.2. The average Bonchev–Trinajstić information content (AvgIpc) is 3.26. The third-order valence-corrected chi connectivity index (χ3v) is 7.01. The molecule has 4 rings (SSSR count). The van der Waals surface area contributed by atoms with Crippen molar-refractivity contribution in [1.82, 2.24) is 9.97 Å². The van der Waals surface area contributed by atoms with E-state index in [9.17, 15) is 5.11 Å². The highest BCUT2D eigenvalue weighted by molar-refractivity contribution is 7.99. The Morgan fingerprint density at radius 2 is 2.11 bits per heavy atom. The minimum absolute atomic E-state index is 0.222. The minimum atomic E-state index is -0.596. The van der Waals surface area contributed by atoms with Crippen LogP contribution in [0.25, 0.3) is 10.2 Å². The van der Waals surface area contributed by atoms with E-state index in [0.717, 1.165) is 34.1 Å². The fourth-order valence-electron chi connectivity index (χ4n) is 3.38. The van der Waals surface area contributed by atoms with Gasteiger partial charge in [0.25, 0.3) is 0 Å². The Balaban J connectivity index is 1.38. The van der Waals surface area contributed by atoms with Crippen molar-refractivity contribution in [3.05, 3.63) is 46.1 Å². The lowest BCUT2D eigenvalue weighted by atomic mass is 10.2. The van der Waals surface area contributed by atoms with E-state index in [1.807, 2.05) is 31.2 Å². The fourth-order valence-corrected chi connectivity index (χ4v) is 5.76. The Hall–Kier alpha value is -2.14. The standard InChI is InChI=1S/C21H21N3O2S2/c1-13-23-20(19-17-3-2-4-18(17)28-21(19)24-13)27-12-15(25)11-26-16-7-5-14(6-8-16)9-10-22/h5-8,15,25H,2-4,9,11-12H2,1H3/t15-/m1/s1. The van der Waals surface area contributed by atoms with Crippen molar-refractivity contribution in [3.63, 3.8) is 0 Å². The Bertz CT molecular complexity index is 1020. The molecule has 0 amide bonds. The van der Waals surface area contributed by atoms with Crippen LogP contribution in [0.2, 0.25) is 0 Å². The Morgan fingerprint density at radius 1 is 1.29 bits per heavy atom. The first kappa shape index (κ1) is 19.2. The van der Waals surface area contributed by atoms with Crippen LogP contribution in [0.15, 0.2) is 29.3 Å². The van der Waals surface area contributed by atoms with Crippen LogP contribution in [0.1, 0.15) is 28.2 Å². The van der Waals surface area contributed by atoms with Gasteiger partial charge in [-0.05, 0) is 49.4 Å². The molecule has 0 fully saturated rings. The number of benzene rings is 1. The molecule has 28 heavy (non-hydrogen) atoms. The molecule has 3 aromatic rings. The van der Waals surface area contributed by atoms with E-state index < -0.39 is 6.10 Å². The number of rotatable bonds is 7. The maximum Gasteiger partial charge on any atom is 0.128 e. The normalized spacial score (nSPS) is 14.0. The first-order valence-electron chi connectivity index (χ1n) is 9.32. The van der Waals surface area contributed by atoms with Gasteiger partial charge < -0.3 is 9.84 Å². The molecular formula is C21H21N3O2S2. The zero-order valence-electron chi connectivity index (χ0n) is 15.6. The van der Waals surface area contributed by atoms with Crippen LogP contribution in [0.4, 0.5) is 0 Å². The summed E-state index contributed by atoms with van der Waals surface area (Å²) in [6.07, 6.45) is 3.24. The lowest BCUT2D eigenvalue weighted by molar-refractivity contribution is 0.126. The molecule has 2 aromatic heterocycles. The maximum absolute atomic E-state index is 10.4. The summed E-state index contributed by atoms with van der Waals surface area (Å²) in [5.74, 6) is 1.99. The lowest BCUT2D eigenvalue weighted by Gasteiger charge is -2.13. The van der Waals surface area contributed by atoms with Crippen molar-refractivity contribution in [3.8, 4) is 11.8 Å². The van der Waals surface area contributed by atoms with Crippen LogP contribution < -0.4 is 4.74 Å². The van der Waals surface area contributed by atoms with Gasteiger partial charge in [0.15, 0.2) is 0 Å². The summed E-state index contributed by atoms with van der Waals surface area (Å²) in [5.41, 5.74) is 2.36. The van der Waals surface area contributed by atoms with Crippen molar-refractivity contribution in [2.24, 2.45) is 0 Å². The number of aromatic nitrogens is 2. The number of fused-ring (bicyclic) bond motifs is 3. The van der Waals surface area contributed by atoms with Crippen LogP contribution in [0.5, 0.6) is 5.75 Å². The lowest BCUT2D eigenvalue weighted by Crippen LogP contribution is -2.20. The summed E-state index contributed by atoms with van der Waals surface area (Å²) in [4.78, 5) is 11.8. The van der Waals surface area contributed by atoms with Crippen molar-refractivity contribution in [2.75, 3.05) is 12.4 Å². The van der Waals surface area contributed by atoms with Gasteiger partial charge in [-0.3, -0.25) is 0 Å². The van der Waals surface area contributed by atoms with Crippen LogP contribution in [-0.2, 0) is 19.3 Å². The molecule has 0 radical (unpaired) electrons. The third kappa shape index (κ3) is 4.14. The second-order valence-electron chi connectivity index (χ2n) is 6.87. The van der Waals surface area contributed by atoms with Crippen LogP contribution in [-0.4, -0.2) is 33.5 Å². The number of hydrogen-bond donors (Lipinski definition) is 1. The number of thiophene rings is 1. The van der Waals surface area contributed by atoms with Crippen LogP contribution in [0, 0.1) is 18.3 Å². The van der Waals surface area contributed by atoms with Gasteiger partial charge in [-0.2, -0.15) is 5.26 Å². The van der Waals surface area contributed by atoms with Crippen LogP contribution in [0.3, 0.4) is 0 Å². The molecule has 2 heterocycles. The summed E-state index contributed by atoms with van der Waals surface area (Å²) >= 11 is 3.37. The number of nitriles is 1. The van der Waals surface area contributed by atoms with E-state index in [1.165, 1.54) is 22.2 Å². The Labute approximate surface area is 172 Å². The number of aryl methyl sites for hydroxylation is 3. The fraction of sp³-hybridized carbons (Fsp3) is 0.381. The Morgan fingerprint density at radius 3 is 2.89 bits per heavy atom. The van der Waals surface area contributed by atoms with Crippen LogP contribution >= 0.6 is 23.1 Å². The number of thioether (sulfide) groups is 1. The predicted molar refractivity (Wildman–Crippen MR) is 112 cm³/mol. The van der Waals surface area contributed by atoms with E-state index in [-0.39, 0.29) is 6.61 Å². The molecule has 144 valence electrons. The largest absolute Gasteiger partial charge is 0.491 e. The smallest absolute Gasteiger partial charge is 0.128 e. The highest BCUT2D eigenvalue weighted by atomic mass is 32.2. The summed E-state index contributed by atoms with van der Waals surface area (Å²) < 4.78 is 5.68. The van der Waals surface area contributed by atoms with Crippen molar-refractivity contribution in [1.29, 1.82) is 5.26 Å². The number of aliphatic hydroxyl groups excluding tert-OH is 1. The van der Waals surface area contributed by atoms with Gasteiger partial charge in [0.2, 0.25) is 0 Å². The summed E-state index contributed by atoms with van der Waals surface area (Å²) in [6, 6.07) is 9.53. The molecule has 0 bridgehead atoms. The molecule has 1 aliphatic carbocycles. The molecule has 1 atom stereocenters. The molecule has 5 nitrogen and oxygen atoms in total. The highest BCUT2D eigenvalue weighted by Gasteiger charge is 2.22. The molecule has 1 N–H and O–H groups in total. The van der Waals surface area contributed by atoms with E-state index in [2.05, 4.69) is 16.0 Å². The third-order valence-electron chi connectivity index (χ3n) is 4.70. The topological polar surface area (TPSA) is 79.0 Å². The zero-order valence-corrected chi connectivity index (χ0v) is 17.3. The van der Waals surface area contributed by atoms with E-state index >= 15 is 0 Å². The second kappa shape index (κ2) is 8.48. The molecule has 0 unspecified atom stereocenters. The van der Waals surface area contributed by atoms with Gasteiger partial charge in [0.05, 0.1) is 18.6 Å². The van der Waals surface area contributed by atoms with Crippen molar-refractivity contribution in [2.45, 2.75) is 43.7 Å². The predicted octanol–water partition coefficient (Wildman–Crippen LogP) is 4.09. The molecule has 0 aliphatic heterocycles. The highest BCUT2D eigenvalue weighted by Crippen LogP contribution is 2.40. The molecular weight excluding hydrogens is 390 g/mol. The van der Waals surface area contributed by atoms with Gasteiger partial charge in [0, 0.05) is 16.0 Å². The quantitative estimate of drug-likeness (QED) is 0.466. The molecule has 0 spiro atoms. The second-order valence-corrected chi connectivity index (χ2v) is 8.96. The molecule has 1 aliphatic rings. The SMILES string of the molecule is Cc1nc(SC[C@H](O)COc2ccc(CC#N)cc2)c2c3c(sc2n1)CCC3. The van der Waals surface area contributed by atoms with Gasteiger partial charge in [0.1, 0.15) is 28.0 Å². The number of ether oxygens (including phenoxy) is 1. The molecule has 0 saturated carbocycles. The monoisotopic (exact) mass is 411 g/mol. The number of nitrogens with zero attached hydrogens (tertiary/aromatic N) is 3. The van der Waals surface area contributed by atoms with E-state index in [1.54, 1.807) is 23.1 Å². The molecule has 0 saturated heterocycles. The summed E-state index contributed by atoms with van der Waals surface area (Å²) in [7, 11) is 0.